The van der Waals surface area contributed by atoms with Gasteiger partial charge in [0, 0.05) is 16.1 Å². The molecule has 1 aliphatic rings. The second kappa shape index (κ2) is 6.72. The van der Waals surface area contributed by atoms with Crippen molar-refractivity contribution in [3.8, 4) is 11.5 Å². The number of sulfonamides is 1. The fourth-order valence-electron chi connectivity index (χ4n) is 3.06. The number of hydrogen-bond acceptors (Lipinski definition) is 4. The average Bonchev–Trinajstić information content (AvgIpc) is 2.66. The Bertz CT molecular complexity index is 1080. The third kappa shape index (κ3) is 3.29. The summed E-state index contributed by atoms with van der Waals surface area (Å²) < 4.78 is 33.2. The standard InChI is InChI=1S/C20H14ClNO4S/c21-13-9-11-14(12-10-13)27(24,25)22-20(23)19-15-5-1-3-7-17(15)26-18-8-4-2-6-16(18)19/h1-12,19H,(H,22,23). The van der Waals surface area contributed by atoms with Crippen molar-refractivity contribution >= 4 is 27.5 Å². The number of carbonyl (C=O) groups is 1. The first-order valence-corrected chi connectivity index (χ1v) is 10.00. The van der Waals surface area contributed by atoms with E-state index in [0.29, 0.717) is 27.6 Å². The number of fused-ring (bicyclic) bond motifs is 2. The van der Waals surface area contributed by atoms with Gasteiger partial charge >= 0.3 is 0 Å². The van der Waals surface area contributed by atoms with E-state index in [1.165, 1.54) is 24.3 Å². The molecule has 0 unspecified atom stereocenters. The minimum absolute atomic E-state index is 0.0334. The van der Waals surface area contributed by atoms with E-state index in [1.807, 2.05) is 0 Å². The van der Waals surface area contributed by atoms with Crippen LogP contribution in [0.15, 0.2) is 77.7 Å². The van der Waals surface area contributed by atoms with Crippen LogP contribution in [0.5, 0.6) is 11.5 Å². The topological polar surface area (TPSA) is 72.5 Å². The largest absolute Gasteiger partial charge is 0.457 e. The van der Waals surface area contributed by atoms with Crippen molar-refractivity contribution < 1.29 is 17.9 Å². The molecule has 5 nitrogen and oxygen atoms in total. The molecule has 1 N–H and O–H groups in total. The van der Waals surface area contributed by atoms with Crippen molar-refractivity contribution in [3.63, 3.8) is 0 Å². The smallest absolute Gasteiger partial charge is 0.264 e. The first kappa shape index (κ1) is 17.6. The summed E-state index contributed by atoms with van der Waals surface area (Å²) in [7, 11) is -4.03. The predicted molar refractivity (Wildman–Crippen MR) is 102 cm³/mol. The summed E-state index contributed by atoms with van der Waals surface area (Å²) in [5.74, 6) is -0.387. The maximum Gasteiger partial charge on any atom is 0.264 e. The highest BCUT2D eigenvalue weighted by Crippen LogP contribution is 2.44. The molecule has 27 heavy (non-hydrogen) atoms. The third-order valence-electron chi connectivity index (χ3n) is 4.30. The van der Waals surface area contributed by atoms with Gasteiger partial charge in [0.2, 0.25) is 5.91 Å². The molecule has 0 atom stereocenters. The SMILES string of the molecule is O=C(NS(=O)(=O)c1ccc(Cl)cc1)C1c2ccccc2Oc2ccccc21. The van der Waals surface area contributed by atoms with Crippen LogP contribution < -0.4 is 9.46 Å². The van der Waals surface area contributed by atoms with E-state index in [-0.39, 0.29) is 4.90 Å². The molecule has 0 saturated carbocycles. The monoisotopic (exact) mass is 399 g/mol. The van der Waals surface area contributed by atoms with Crippen LogP contribution in [0.4, 0.5) is 0 Å². The lowest BCUT2D eigenvalue weighted by Crippen LogP contribution is -2.36. The van der Waals surface area contributed by atoms with E-state index >= 15 is 0 Å². The Kier molecular flexibility index (Phi) is 4.37. The van der Waals surface area contributed by atoms with E-state index in [9.17, 15) is 13.2 Å². The van der Waals surface area contributed by atoms with Crippen LogP contribution in [0, 0.1) is 0 Å². The van der Waals surface area contributed by atoms with Crippen molar-refractivity contribution in [2.24, 2.45) is 0 Å². The summed E-state index contributed by atoms with van der Waals surface area (Å²) in [4.78, 5) is 13.0. The number of carbonyl (C=O) groups excluding carboxylic acids is 1. The van der Waals surface area contributed by atoms with Crippen molar-refractivity contribution in [2.45, 2.75) is 10.8 Å². The van der Waals surface area contributed by atoms with Gasteiger partial charge < -0.3 is 4.74 Å². The predicted octanol–water partition coefficient (Wildman–Crippen LogP) is 4.08. The Balaban J connectivity index is 1.73. The zero-order valence-corrected chi connectivity index (χ0v) is 15.5. The Morgan fingerprint density at radius 1 is 0.852 bits per heavy atom. The van der Waals surface area contributed by atoms with Crippen molar-refractivity contribution in [3.05, 3.63) is 88.9 Å². The van der Waals surface area contributed by atoms with E-state index in [0.717, 1.165) is 0 Å². The second-order valence-electron chi connectivity index (χ2n) is 6.03. The molecule has 1 heterocycles. The van der Waals surface area contributed by atoms with Gasteiger partial charge in [-0.05, 0) is 36.4 Å². The summed E-state index contributed by atoms with van der Waals surface area (Å²) in [6.45, 7) is 0. The summed E-state index contributed by atoms with van der Waals surface area (Å²) >= 11 is 5.81. The lowest BCUT2D eigenvalue weighted by molar-refractivity contribution is -0.120. The lowest BCUT2D eigenvalue weighted by Gasteiger charge is -2.27. The summed E-state index contributed by atoms with van der Waals surface area (Å²) in [5, 5.41) is 0.410. The molecule has 0 aromatic heterocycles. The molecule has 0 aliphatic carbocycles. The molecule has 4 rings (SSSR count). The summed E-state index contributed by atoms with van der Waals surface area (Å²) in [6, 6.07) is 19.8. The summed E-state index contributed by atoms with van der Waals surface area (Å²) in [6.07, 6.45) is 0. The van der Waals surface area contributed by atoms with Crippen LogP contribution in [-0.4, -0.2) is 14.3 Å². The first-order valence-electron chi connectivity index (χ1n) is 8.14. The Labute approximate surface area is 161 Å². The fourth-order valence-corrected chi connectivity index (χ4v) is 4.18. The van der Waals surface area contributed by atoms with E-state index in [2.05, 4.69) is 4.72 Å². The van der Waals surface area contributed by atoms with Gasteiger partial charge in [0.05, 0.1) is 10.8 Å². The Morgan fingerprint density at radius 2 is 1.37 bits per heavy atom. The minimum atomic E-state index is -4.03. The van der Waals surface area contributed by atoms with Gasteiger partial charge in [0.25, 0.3) is 10.0 Å². The highest BCUT2D eigenvalue weighted by atomic mass is 35.5. The molecule has 136 valence electrons. The van der Waals surface area contributed by atoms with Crippen LogP contribution in [0.1, 0.15) is 17.0 Å². The van der Waals surface area contributed by atoms with Crippen LogP contribution in [-0.2, 0) is 14.8 Å². The van der Waals surface area contributed by atoms with Gasteiger partial charge in [0.1, 0.15) is 11.5 Å². The van der Waals surface area contributed by atoms with Crippen molar-refractivity contribution in [1.29, 1.82) is 0 Å². The number of para-hydroxylation sites is 2. The molecule has 3 aromatic rings. The number of ether oxygens (including phenoxy) is 1. The molecule has 1 aliphatic heterocycles. The van der Waals surface area contributed by atoms with E-state index < -0.39 is 21.8 Å². The maximum absolute atomic E-state index is 13.0. The summed E-state index contributed by atoms with van der Waals surface area (Å²) in [5.41, 5.74) is 1.22. The van der Waals surface area contributed by atoms with Gasteiger partial charge in [0.15, 0.2) is 0 Å². The Morgan fingerprint density at radius 3 is 1.93 bits per heavy atom. The van der Waals surface area contributed by atoms with Crippen LogP contribution in [0.25, 0.3) is 0 Å². The number of hydrogen-bond donors (Lipinski definition) is 1. The molecular formula is C20H14ClNO4S. The van der Waals surface area contributed by atoms with Gasteiger partial charge in [-0.25, -0.2) is 13.1 Å². The number of benzene rings is 3. The molecule has 1 amide bonds. The van der Waals surface area contributed by atoms with Crippen molar-refractivity contribution in [2.75, 3.05) is 0 Å². The van der Waals surface area contributed by atoms with Gasteiger partial charge in [-0.2, -0.15) is 0 Å². The third-order valence-corrected chi connectivity index (χ3v) is 5.92. The van der Waals surface area contributed by atoms with Gasteiger partial charge in [-0.3, -0.25) is 4.79 Å². The van der Waals surface area contributed by atoms with Crippen LogP contribution in [0.2, 0.25) is 5.02 Å². The van der Waals surface area contributed by atoms with E-state index in [1.54, 1.807) is 48.5 Å². The fraction of sp³-hybridized carbons (Fsp3) is 0.0500. The van der Waals surface area contributed by atoms with Crippen LogP contribution >= 0.6 is 11.6 Å². The molecule has 0 radical (unpaired) electrons. The van der Waals surface area contributed by atoms with Gasteiger partial charge in [-0.1, -0.05) is 48.0 Å². The number of rotatable bonds is 3. The quantitative estimate of drug-likeness (QED) is 0.720. The highest BCUT2D eigenvalue weighted by Gasteiger charge is 2.34. The number of amides is 1. The highest BCUT2D eigenvalue weighted by molar-refractivity contribution is 7.90. The second-order valence-corrected chi connectivity index (χ2v) is 8.15. The zero-order valence-electron chi connectivity index (χ0n) is 13.9. The first-order chi connectivity index (χ1) is 13.0. The number of halogens is 1. The molecular weight excluding hydrogens is 386 g/mol. The maximum atomic E-state index is 13.0. The lowest BCUT2D eigenvalue weighted by atomic mass is 9.87. The molecule has 0 saturated heterocycles. The molecule has 3 aromatic carbocycles. The molecule has 0 fully saturated rings. The number of nitrogens with one attached hydrogen (secondary N) is 1. The molecule has 7 heteroatoms. The van der Waals surface area contributed by atoms with E-state index in [4.69, 9.17) is 16.3 Å². The average molecular weight is 400 g/mol. The Hall–Kier alpha value is -2.83. The van der Waals surface area contributed by atoms with Crippen LogP contribution in [0.3, 0.4) is 0 Å². The minimum Gasteiger partial charge on any atom is -0.457 e. The molecule has 0 spiro atoms. The molecule has 0 bridgehead atoms. The van der Waals surface area contributed by atoms with Gasteiger partial charge in [-0.15, -0.1) is 0 Å². The normalized spacial score (nSPS) is 13.2. The van der Waals surface area contributed by atoms with Crippen molar-refractivity contribution in [1.82, 2.24) is 4.72 Å². The zero-order chi connectivity index (χ0) is 19.0.